The van der Waals surface area contributed by atoms with Crippen molar-refractivity contribution in [2.75, 3.05) is 32.7 Å². The Morgan fingerprint density at radius 1 is 0.968 bits per heavy atom. The molecule has 1 unspecified atom stereocenters. The van der Waals surface area contributed by atoms with E-state index in [1.807, 2.05) is 48.7 Å². The second-order valence-electron chi connectivity index (χ2n) is 7.87. The molecule has 1 amide bonds. The normalized spacial score (nSPS) is 20.2. The van der Waals surface area contributed by atoms with Gasteiger partial charge >= 0.3 is 0 Å². The summed E-state index contributed by atoms with van der Waals surface area (Å²) < 4.78 is 11.1. The Morgan fingerprint density at radius 2 is 1.77 bits per heavy atom. The smallest absolute Gasteiger partial charge is 0.257 e. The van der Waals surface area contributed by atoms with Crippen molar-refractivity contribution in [2.45, 2.75) is 19.0 Å². The number of rotatable bonds is 6. The van der Waals surface area contributed by atoms with Crippen molar-refractivity contribution in [3.63, 3.8) is 0 Å². The van der Waals surface area contributed by atoms with E-state index >= 15 is 0 Å². The average molecular weight is 419 g/mol. The Balaban J connectivity index is 1.21. The van der Waals surface area contributed by atoms with Crippen LogP contribution in [0.2, 0.25) is 0 Å². The molecule has 8 nitrogen and oxygen atoms in total. The molecule has 31 heavy (non-hydrogen) atoms. The van der Waals surface area contributed by atoms with Crippen molar-refractivity contribution in [2.24, 2.45) is 5.10 Å². The van der Waals surface area contributed by atoms with Crippen LogP contribution in [0.4, 0.5) is 0 Å². The number of pyridine rings is 1. The molecule has 1 atom stereocenters. The van der Waals surface area contributed by atoms with E-state index in [9.17, 15) is 4.79 Å². The first-order valence-corrected chi connectivity index (χ1v) is 10.6. The molecule has 3 aromatic heterocycles. The molecular weight excluding hydrogens is 394 g/mol. The Kier molecular flexibility index (Phi) is 5.64. The first-order valence-electron chi connectivity index (χ1n) is 10.6. The molecule has 2 aliphatic rings. The summed E-state index contributed by atoms with van der Waals surface area (Å²) in [5, 5.41) is 6.17. The number of carbonyl (C=O) groups excluding carboxylic acids is 1. The number of hydrogen-bond donors (Lipinski definition) is 0. The van der Waals surface area contributed by atoms with Gasteiger partial charge in [-0.25, -0.2) is 5.01 Å². The molecule has 5 rings (SSSR count). The molecule has 0 bridgehead atoms. The van der Waals surface area contributed by atoms with Crippen LogP contribution >= 0.6 is 0 Å². The third-order valence-electron chi connectivity index (χ3n) is 5.78. The van der Waals surface area contributed by atoms with Crippen LogP contribution < -0.4 is 0 Å². The lowest BCUT2D eigenvalue weighted by Gasteiger charge is -2.34. The van der Waals surface area contributed by atoms with Gasteiger partial charge < -0.3 is 8.83 Å². The molecule has 0 saturated carbocycles. The van der Waals surface area contributed by atoms with Crippen LogP contribution in [0.5, 0.6) is 0 Å². The Hall–Kier alpha value is -3.23. The molecule has 0 radical (unpaired) electrons. The van der Waals surface area contributed by atoms with E-state index in [0.717, 1.165) is 49.9 Å². The molecule has 8 heteroatoms. The van der Waals surface area contributed by atoms with E-state index in [2.05, 4.69) is 19.9 Å². The molecule has 160 valence electrons. The predicted molar refractivity (Wildman–Crippen MR) is 114 cm³/mol. The molecule has 0 N–H and O–H groups in total. The van der Waals surface area contributed by atoms with Crippen molar-refractivity contribution in [3.05, 3.63) is 78.4 Å². The maximum absolute atomic E-state index is 13.2. The first-order chi connectivity index (χ1) is 15.3. The maximum Gasteiger partial charge on any atom is 0.257 e. The van der Waals surface area contributed by atoms with Crippen LogP contribution in [0.15, 0.2) is 75.1 Å². The summed E-state index contributed by atoms with van der Waals surface area (Å²) in [6, 6.07) is 13.2. The van der Waals surface area contributed by atoms with Gasteiger partial charge in [0.05, 0.1) is 24.8 Å². The molecule has 2 aliphatic heterocycles. The van der Waals surface area contributed by atoms with Gasteiger partial charge in [0.1, 0.15) is 23.3 Å². The molecule has 1 fully saturated rings. The van der Waals surface area contributed by atoms with Crippen LogP contribution in [0.1, 0.15) is 29.7 Å². The summed E-state index contributed by atoms with van der Waals surface area (Å²) in [6.45, 7) is 4.67. The van der Waals surface area contributed by atoms with E-state index in [0.29, 0.717) is 18.7 Å². The third kappa shape index (κ3) is 4.45. The van der Waals surface area contributed by atoms with Gasteiger partial charge in [0.15, 0.2) is 0 Å². The monoisotopic (exact) mass is 419 g/mol. The number of amides is 1. The quantitative estimate of drug-likeness (QED) is 0.611. The number of hydrazone groups is 1. The average Bonchev–Trinajstić information content (AvgIpc) is 3.56. The van der Waals surface area contributed by atoms with Crippen LogP contribution in [0.3, 0.4) is 0 Å². The standard InChI is InChI=1S/C23H25N5O3/c29-23(17-27-11-9-26(10-12-27)16-18-5-1-2-8-24-18)28-20(22-7-4-14-31-22)15-19(25-28)21-6-3-13-30-21/h1-8,13-14,20H,9-12,15-17H2. The molecule has 0 aromatic carbocycles. The van der Waals surface area contributed by atoms with Gasteiger partial charge in [-0.2, -0.15) is 5.10 Å². The lowest BCUT2D eigenvalue weighted by Crippen LogP contribution is -2.49. The predicted octanol–water partition coefficient (Wildman–Crippen LogP) is 2.76. The van der Waals surface area contributed by atoms with Gasteiger partial charge in [0.2, 0.25) is 0 Å². The highest BCUT2D eigenvalue weighted by Gasteiger charge is 2.36. The third-order valence-corrected chi connectivity index (χ3v) is 5.78. The van der Waals surface area contributed by atoms with E-state index in [1.165, 1.54) is 0 Å². The van der Waals surface area contributed by atoms with Crippen molar-refractivity contribution < 1.29 is 13.6 Å². The molecule has 3 aromatic rings. The number of hydrogen-bond acceptors (Lipinski definition) is 7. The SMILES string of the molecule is O=C(CN1CCN(Cc2ccccn2)CC1)N1N=C(c2ccco2)CC1c1ccco1. The van der Waals surface area contributed by atoms with Gasteiger partial charge in [0.25, 0.3) is 5.91 Å². The van der Waals surface area contributed by atoms with Crippen LogP contribution in [0, 0.1) is 0 Å². The second-order valence-corrected chi connectivity index (χ2v) is 7.87. The number of furan rings is 2. The number of nitrogens with zero attached hydrogens (tertiary/aromatic N) is 5. The van der Waals surface area contributed by atoms with Gasteiger partial charge in [0, 0.05) is 45.3 Å². The fourth-order valence-corrected chi connectivity index (χ4v) is 4.12. The summed E-state index contributed by atoms with van der Waals surface area (Å²) in [7, 11) is 0. The Morgan fingerprint density at radius 3 is 2.48 bits per heavy atom. The molecule has 5 heterocycles. The van der Waals surface area contributed by atoms with E-state index in [1.54, 1.807) is 17.5 Å². The minimum atomic E-state index is -0.243. The minimum Gasteiger partial charge on any atom is -0.467 e. The highest BCUT2D eigenvalue weighted by molar-refractivity contribution is 6.01. The van der Waals surface area contributed by atoms with E-state index in [4.69, 9.17) is 8.83 Å². The maximum atomic E-state index is 13.2. The molecule has 0 aliphatic carbocycles. The van der Waals surface area contributed by atoms with E-state index in [-0.39, 0.29) is 11.9 Å². The number of carbonyl (C=O) groups is 1. The summed E-state index contributed by atoms with van der Waals surface area (Å²) in [6.07, 6.45) is 5.65. The zero-order valence-electron chi connectivity index (χ0n) is 17.3. The Bertz CT molecular complexity index is 1010. The minimum absolute atomic E-state index is 0.0267. The highest BCUT2D eigenvalue weighted by Crippen LogP contribution is 2.33. The fraction of sp³-hybridized carbons (Fsp3) is 0.348. The zero-order valence-corrected chi connectivity index (χ0v) is 17.3. The molecular formula is C23H25N5O3. The van der Waals surface area contributed by atoms with Gasteiger partial charge in [-0.15, -0.1) is 0 Å². The summed E-state index contributed by atoms with van der Waals surface area (Å²) in [5.41, 5.74) is 1.84. The van der Waals surface area contributed by atoms with Crippen molar-refractivity contribution in [3.8, 4) is 0 Å². The number of piperazine rings is 1. The summed E-state index contributed by atoms with van der Waals surface area (Å²) in [5.74, 6) is 1.40. The van der Waals surface area contributed by atoms with Crippen LogP contribution in [0.25, 0.3) is 0 Å². The lowest BCUT2D eigenvalue weighted by atomic mass is 10.1. The van der Waals surface area contributed by atoms with Crippen LogP contribution in [-0.2, 0) is 11.3 Å². The topological polar surface area (TPSA) is 78.3 Å². The molecule has 1 saturated heterocycles. The summed E-state index contributed by atoms with van der Waals surface area (Å²) >= 11 is 0. The lowest BCUT2D eigenvalue weighted by molar-refractivity contribution is -0.135. The first kappa shape index (κ1) is 19.7. The van der Waals surface area contributed by atoms with Crippen LogP contribution in [-0.4, -0.2) is 64.1 Å². The van der Waals surface area contributed by atoms with Crippen molar-refractivity contribution in [1.82, 2.24) is 19.8 Å². The highest BCUT2D eigenvalue weighted by atomic mass is 16.3. The second kappa shape index (κ2) is 8.87. The van der Waals surface area contributed by atoms with Gasteiger partial charge in [-0.3, -0.25) is 19.6 Å². The van der Waals surface area contributed by atoms with Crippen molar-refractivity contribution in [1.29, 1.82) is 0 Å². The summed E-state index contributed by atoms with van der Waals surface area (Å²) in [4.78, 5) is 22.2. The Labute approximate surface area is 180 Å². The van der Waals surface area contributed by atoms with Gasteiger partial charge in [-0.1, -0.05) is 6.07 Å². The fourth-order valence-electron chi connectivity index (χ4n) is 4.12. The number of aromatic nitrogens is 1. The largest absolute Gasteiger partial charge is 0.467 e. The van der Waals surface area contributed by atoms with Gasteiger partial charge in [-0.05, 0) is 36.4 Å². The molecule has 0 spiro atoms. The van der Waals surface area contributed by atoms with Crippen molar-refractivity contribution >= 4 is 11.6 Å². The van der Waals surface area contributed by atoms with E-state index < -0.39 is 0 Å². The zero-order chi connectivity index (χ0) is 21.0.